The Balaban J connectivity index is 2.36. The zero-order valence-corrected chi connectivity index (χ0v) is 9.04. The smallest absolute Gasteiger partial charge is 0.226 e. The third kappa shape index (κ3) is 3.66. The topological polar surface area (TPSA) is 54.9 Å². The summed E-state index contributed by atoms with van der Waals surface area (Å²) in [6.45, 7) is 3.94. The molecule has 0 aliphatic carbocycles. The minimum Gasteiger partial charge on any atom is -0.301 e. The number of carbonyl (C=O) groups is 1. The lowest BCUT2D eigenvalue weighted by atomic mass is 10.1. The third-order valence-electron chi connectivity index (χ3n) is 1.63. The third-order valence-corrected chi connectivity index (χ3v) is 2.24. The lowest BCUT2D eigenvalue weighted by Gasteiger charge is -2.04. The molecule has 0 aliphatic heterocycles. The molecule has 1 rings (SSSR count). The van der Waals surface area contributed by atoms with Crippen LogP contribution >= 0.6 is 11.3 Å². The monoisotopic (exact) mass is 211 g/mol. The fourth-order valence-electron chi connectivity index (χ4n) is 1.09. The summed E-state index contributed by atoms with van der Waals surface area (Å²) in [6.07, 6.45) is 4.42. The van der Waals surface area contributed by atoms with Crippen LogP contribution in [-0.2, 0) is 4.79 Å². The SMILES string of the molecule is C/C=C/C(C)CC(=O)Nc1nncs1. The minimum absolute atomic E-state index is 0.0210. The molecule has 0 spiro atoms. The van der Waals surface area contributed by atoms with Crippen molar-refractivity contribution < 1.29 is 4.79 Å². The molecule has 1 aromatic rings. The zero-order chi connectivity index (χ0) is 10.4. The van der Waals surface area contributed by atoms with Crippen molar-refractivity contribution in [3.63, 3.8) is 0 Å². The Morgan fingerprint density at radius 1 is 1.79 bits per heavy atom. The highest BCUT2D eigenvalue weighted by molar-refractivity contribution is 7.13. The van der Waals surface area contributed by atoms with E-state index in [0.717, 1.165) is 0 Å². The fraction of sp³-hybridized carbons (Fsp3) is 0.444. The van der Waals surface area contributed by atoms with Gasteiger partial charge in [0.25, 0.3) is 0 Å². The average Bonchev–Trinajstić information content (AvgIpc) is 2.56. The molecule has 0 bridgehead atoms. The maximum atomic E-state index is 11.4. The van der Waals surface area contributed by atoms with E-state index in [1.807, 2.05) is 26.0 Å². The van der Waals surface area contributed by atoms with Crippen molar-refractivity contribution >= 4 is 22.4 Å². The van der Waals surface area contributed by atoms with Crippen molar-refractivity contribution in [1.29, 1.82) is 0 Å². The molecule has 1 heterocycles. The Kier molecular flexibility index (Phi) is 4.25. The van der Waals surface area contributed by atoms with E-state index in [1.165, 1.54) is 11.3 Å². The number of aromatic nitrogens is 2. The van der Waals surface area contributed by atoms with E-state index in [9.17, 15) is 4.79 Å². The van der Waals surface area contributed by atoms with Crippen LogP contribution in [-0.4, -0.2) is 16.1 Å². The van der Waals surface area contributed by atoms with Crippen molar-refractivity contribution in [3.05, 3.63) is 17.7 Å². The van der Waals surface area contributed by atoms with Crippen LogP contribution in [0.2, 0.25) is 0 Å². The van der Waals surface area contributed by atoms with Gasteiger partial charge in [-0.3, -0.25) is 4.79 Å². The molecule has 1 atom stereocenters. The van der Waals surface area contributed by atoms with E-state index in [2.05, 4.69) is 15.5 Å². The average molecular weight is 211 g/mol. The quantitative estimate of drug-likeness (QED) is 0.776. The number of nitrogens with one attached hydrogen (secondary N) is 1. The molecular formula is C9H13N3OS. The van der Waals surface area contributed by atoms with E-state index in [0.29, 0.717) is 11.6 Å². The van der Waals surface area contributed by atoms with Crippen molar-refractivity contribution in [2.45, 2.75) is 20.3 Å². The first kappa shape index (κ1) is 10.8. The maximum Gasteiger partial charge on any atom is 0.226 e. The van der Waals surface area contributed by atoms with Gasteiger partial charge in [-0.15, -0.1) is 10.2 Å². The van der Waals surface area contributed by atoms with Crippen LogP contribution < -0.4 is 5.32 Å². The largest absolute Gasteiger partial charge is 0.301 e. The Morgan fingerprint density at radius 2 is 2.57 bits per heavy atom. The minimum atomic E-state index is -0.0210. The molecule has 5 heteroatoms. The van der Waals surface area contributed by atoms with Gasteiger partial charge in [-0.1, -0.05) is 30.4 Å². The number of rotatable bonds is 4. The molecule has 1 amide bonds. The highest BCUT2D eigenvalue weighted by atomic mass is 32.1. The standard InChI is InChI=1S/C9H13N3OS/c1-3-4-7(2)5-8(13)11-9-12-10-6-14-9/h3-4,6-7H,5H2,1-2H3,(H,11,12,13)/b4-3+. The molecule has 1 N–H and O–H groups in total. The van der Waals surface area contributed by atoms with Crippen LogP contribution in [0.15, 0.2) is 17.7 Å². The number of nitrogens with zero attached hydrogens (tertiary/aromatic N) is 2. The first-order chi connectivity index (χ1) is 6.72. The number of allylic oxidation sites excluding steroid dienone is 2. The van der Waals surface area contributed by atoms with Crippen molar-refractivity contribution in [3.8, 4) is 0 Å². The number of anilines is 1. The lowest BCUT2D eigenvalue weighted by Crippen LogP contribution is -2.14. The molecule has 0 saturated heterocycles. The fourth-order valence-corrected chi connectivity index (χ4v) is 1.55. The van der Waals surface area contributed by atoms with E-state index in [1.54, 1.807) is 5.51 Å². The first-order valence-corrected chi connectivity index (χ1v) is 5.29. The van der Waals surface area contributed by atoms with Crippen LogP contribution in [0.25, 0.3) is 0 Å². The van der Waals surface area contributed by atoms with Crippen LogP contribution in [0, 0.1) is 5.92 Å². The van der Waals surface area contributed by atoms with Gasteiger partial charge >= 0.3 is 0 Å². The molecule has 0 aliphatic rings. The summed E-state index contributed by atoms with van der Waals surface area (Å²) >= 11 is 1.32. The summed E-state index contributed by atoms with van der Waals surface area (Å²) in [5.74, 6) is 0.236. The number of amides is 1. The van der Waals surface area contributed by atoms with Crippen LogP contribution in [0.4, 0.5) is 5.13 Å². The molecule has 0 aromatic carbocycles. The van der Waals surface area contributed by atoms with Gasteiger partial charge in [0.1, 0.15) is 5.51 Å². The highest BCUT2D eigenvalue weighted by Crippen LogP contribution is 2.10. The molecule has 0 radical (unpaired) electrons. The zero-order valence-electron chi connectivity index (χ0n) is 8.23. The molecular weight excluding hydrogens is 198 g/mol. The van der Waals surface area contributed by atoms with Crippen LogP contribution in [0.3, 0.4) is 0 Å². The first-order valence-electron chi connectivity index (χ1n) is 4.41. The maximum absolute atomic E-state index is 11.4. The Hall–Kier alpha value is -1.23. The lowest BCUT2D eigenvalue weighted by molar-refractivity contribution is -0.116. The van der Waals surface area contributed by atoms with Crippen LogP contribution in [0.5, 0.6) is 0 Å². The Bertz CT molecular complexity index is 308. The van der Waals surface area contributed by atoms with E-state index >= 15 is 0 Å². The second-order valence-corrected chi connectivity index (χ2v) is 3.83. The summed E-state index contributed by atoms with van der Waals surface area (Å²) < 4.78 is 0. The molecule has 1 unspecified atom stereocenters. The summed E-state index contributed by atoms with van der Waals surface area (Å²) in [7, 11) is 0. The Labute approximate surface area is 87.1 Å². The predicted molar refractivity (Wildman–Crippen MR) is 57.1 cm³/mol. The molecule has 0 fully saturated rings. The van der Waals surface area contributed by atoms with Gasteiger partial charge in [-0.05, 0) is 12.8 Å². The number of hydrogen-bond donors (Lipinski definition) is 1. The van der Waals surface area contributed by atoms with E-state index in [-0.39, 0.29) is 11.8 Å². The molecule has 0 saturated carbocycles. The number of carbonyl (C=O) groups excluding carboxylic acids is 1. The van der Waals surface area contributed by atoms with Gasteiger partial charge in [0.2, 0.25) is 11.0 Å². The molecule has 76 valence electrons. The second-order valence-electron chi connectivity index (χ2n) is 3.00. The Morgan fingerprint density at radius 3 is 3.14 bits per heavy atom. The van der Waals surface area contributed by atoms with Gasteiger partial charge in [0.05, 0.1) is 0 Å². The summed E-state index contributed by atoms with van der Waals surface area (Å²) in [4.78, 5) is 11.4. The summed E-state index contributed by atoms with van der Waals surface area (Å²) in [6, 6.07) is 0. The normalized spacial score (nSPS) is 13.0. The summed E-state index contributed by atoms with van der Waals surface area (Å²) in [5.41, 5.74) is 1.59. The number of hydrogen-bond acceptors (Lipinski definition) is 4. The van der Waals surface area contributed by atoms with Crippen molar-refractivity contribution in [1.82, 2.24) is 10.2 Å². The van der Waals surface area contributed by atoms with Gasteiger partial charge in [0, 0.05) is 6.42 Å². The van der Waals surface area contributed by atoms with Crippen molar-refractivity contribution in [2.24, 2.45) is 5.92 Å². The molecule has 1 aromatic heterocycles. The van der Waals surface area contributed by atoms with Gasteiger partial charge < -0.3 is 5.32 Å². The second kappa shape index (κ2) is 5.49. The highest BCUT2D eigenvalue weighted by Gasteiger charge is 2.07. The summed E-state index contributed by atoms with van der Waals surface area (Å²) in [5, 5.41) is 10.6. The predicted octanol–water partition coefficient (Wildman–Crippen LogP) is 2.08. The van der Waals surface area contributed by atoms with Gasteiger partial charge in [0.15, 0.2) is 0 Å². The van der Waals surface area contributed by atoms with Gasteiger partial charge in [-0.2, -0.15) is 0 Å². The van der Waals surface area contributed by atoms with Crippen LogP contribution in [0.1, 0.15) is 20.3 Å². The molecule has 14 heavy (non-hydrogen) atoms. The van der Waals surface area contributed by atoms with Gasteiger partial charge in [-0.25, -0.2) is 0 Å². The van der Waals surface area contributed by atoms with E-state index in [4.69, 9.17) is 0 Å². The van der Waals surface area contributed by atoms with Crippen molar-refractivity contribution in [2.75, 3.05) is 5.32 Å². The van der Waals surface area contributed by atoms with E-state index < -0.39 is 0 Å². The molecule has 4 nitrogen and oxygen atoms in total.